The average molecular weight is 495 g/mol. The lowest BCUT2D eigenvalue weighted by Crippen LogP contribution is -2.31. The number of urea groups is 1. The van der Waals surface area contributed by atoms with Crippen LogP contribution in [0.1, 0.15) is 20.4 Å². The quantitative estimate of drug-likeness (QED) is 0.335. The van der Waals surface area contributed by atoms with Crippen LogP contribution < -0.4 is 20.7 Å². The normalized spacial score (nSPS) is 12.1. The molecule has 4 rings (SSSR count). The van der Waals surface area contributed by atoms with Crippen molar-refractivity contribution in [3.63, 3.8) is 0 Å². The Hall–Kier alpha value is -4.94. The van der Waals surface area contributed by atoms with Crippen LogP contribution in [-0.2, 0) is 13.6 Å². The Kier molecular flexibility index (Phi) is 5.99. The monoisotopic (exact) mass is 494 g/mol. The van der Waals surface area contributed by atoms with Gasteiger partial charge in [0.2, 0.25) is 0 Å². The van der Waals surface area contributed by atoms with E-state index in [1.807, 2.05) is 5.32 Å². The molecule has 3 heterocycles. The van der Waals surface area contributed by atoms with Crippen molar-refractivity contribution in [1.82, 2.24) is 35.2 Å². The van der Waals surface area contributed by atoms with Gasteiger partial charge in [0.25, 0.3) is 5.91 Å². The van der Waals surface area contributed by atoms with Crippen LogP contribution in [0.25, 0.3) is 11.4 Å². The summed E-state index contributed by atoms with van der Waals surface area (Å²) in [6, 6.07) is 9.42. The van der Waals surface area contributed by atoms with Gasteiger partial charge in [0.1, 0.15) is 12.1 Å². The second-order valence-electron chi connectivity index (χ2n) is 7.56. The maximum absolute atomic E-state index is 12.8. The van der Waals surface area contributed by atoms with E-state index in [4.69, 9.17) is 13.3 Å². The molecule has 3 aromatic heterocycles. The molecular formula is C23H25N9O4. The van der Waals surface area contributed by atoms with E-state index in [1.165, 1.54) is 35.3 Å². The molecule has 0 spiro atoms. The summed E-state index contributed by atoms with van der Waals surface area (Å²) in [6.07, 6.45) is 3.04. The number of methoxy groups -OCH3 is 1. The lowest BCUT2D eigenvalue weighted by atomic mass is 10.1. The molecule has 4 aromatic rings. The molecule has 3 N–H and O–H groups in total. The highest BCUT2D eigenvalue weighted by Crippen LogP contribution is 2.37. The average Bonchev–Trinajstić information content (AvgIpc) is 3.54. The van der Waals surface area contributed by atoms with Crippen molar-refractivity contribution >= 4 is 29.1 Å². The Bertz CT molecular complexity index is 1470. The third-order valence-corrected chi connectivity index (χ3v) is 5.01. The molecule has 13 nitrogen and oxygen atoms in total. The first kappa shape index (κ1) is 20.4. The number of ether oxygens (including phenoxy) is 1. The lowest BCUT2D eigenvalue weighted by Gasteiger charge is -2.18. The highest BCUT2D eigenvalue weighted by Gasteiger charge is 2.20. The van der Waals surface area contributed by atoms with Gasteiger partial charge in [-0.15, -0.1) is 10.2 Å². The third kappa shape index (κ3) is 5.24. The summed E-state index contributed by atoms with van der Waals surface area (Å²) in [5, 5.41) is 19.6. The number of rotatable bonds is 8. The Labute approximate surface area is 210 Å². The van der Waals surface area contributed by atoms with Gasteiger partial charge in [-0.05, 0) is 24.3 Å². The predicted octanol–water partition coefficient (Wildman–Crippen LogP) is 2.64. The minimum Gasteiger partial charge on any atom is -0.494 e. The Morgan fingerprint density at radius 3 is 2.78 bits per heavy atom. The van der Waals surface area contributed by atoms with E-state index in [-0.39, 0.29) is 23.7 Å². The topological polar surface area (TPSA) is 152 Å². The number of amides is 3. The van der Waals surface area contributed by atoms with Crippen molar-refractivity contribution in [2.24, 2.45) is 7.05 Å². The molecule has 1 aromatic carbocycles. The van der Waals surface area contributed by atoms with E-state index in [0.29, 0.717) is 28.6 Å². The molecule has 3 amide bonds. The maximum Gasteiger partial charge on any atom is 0.323 e. The molecule has 0 radical (unpaired) electrons. The van der Waals surface area contributed by atoms with Crippen LogP contribution in [0, 0.1) is 0 Å². The number of nitrogens with one attached hydrogen (secondary N) is 3. The van der Waals surface area contributed by atoms with E-state index in [0.717, 1.165) is 0 Å². The number of nitrogens with zero attached hydrogens (tertiary/aromatic N) is 6. The van der Waals surface area contributed by atoms with Crippen molar-refractivity contribution in [3.8, 4) is 17.1 Å². The molecule has 0 fully saturated rings. The van der Waals surface area contributed by atoms with Gasteiger partial charge in [0.05, 0.1) is 36.9 Å². The molecule has 13 heteroatoms. The van der Waals surface area contributed by atoms with Crippen LogP contribution in [0.15, 0.2) is 53.4 Å². The standard InChI is InChI=1S/C23H25N9O4/c1-24-22(33)19-17(11-18(28-29-19)27-23(34)31(2)12-14-7-6-10-36-14)26-16-9-5-8-15(20(16)35-4)21-25-13-32(3)30-21/h5-11,13H,12H2,1-4H3,(H,24,33)(H2,26,27,28,34)/i1D3. The van der Waals surface area contributed by atoms with Crippen molar-refractivity contribution in [2.75, 3.05) is 31.8 Å². The number of carbonyl (C=O) groups excluding carboxylic acids is 2. The molecule has 0 atom stereocenters. The molecule has 186 valence electrons. The number of carbonyl (C=O) groups is 2. The molecule has 0 aliphatic rings. The SMILES string of the molecule is [2H]C([2H])([2H])NC(=O)c1nnc(NC(=O)N(C)Cc2ccco2)cc1Nc1cccc(-c2ncn(C)n2)c1OC. The van der Waals surface area contributed by atoms with Crippen molar-refractivity contribution < 1.29 is 22.9 Å². The number of furan rings is 1. The van der Waals surface area contributed by atoms with Crippen LogP contribution in [0.5, 0.6) is 5.75 Å². The molecule has 0 saturated carbocycles. The van der Waals surface area contributed by atoms with Crippen molar-refractivity contribution in [3.05, 3.63) is 60.4 Å². The smallest absolute Gasteiger partial charge is 0.323 e. The second kappa shape index (κ2) is 10.5. The van der Waals surface area contributed by atoms with Gasteiger partial charge in [-0.25, -0.2) is 9.78 Å². The summed E-state index contributed by atoms with van der Waals surface area (Å²) in [5.41, 5.74) is 0.689. The van der Waals surface area contributed by atoms with Crippen LogP contribution >= 0.6 is 0 Å². The molecule has 0 bridgehead atoms. The molecule has 0 unspecified atom stereocenters. The van der Waals surface area contributed by atoms with Gasteiger partial charge in [-0.1, -0.05) is 6.07 Å². The zero-order valence-electron chi connectivity index (χ0n) is 22.6. The van der Waals surface area contributed by atoms with Crippen molar-refractivity contribution in [2.45, 2.75) is 6.54 Å². The minimum atomic E-state index is -2.76. The first-order valence-electron chi connectivity index (χ1n) is 12.1. The van der Waals surface area contributed by atoms with E-state index in [9.17, 15) is 9.59 Å². The van der Waals surface area contributed by atoms with Crippen LogP contribution in [-0.4, -0.2) is 62.9 Å². The van der Waals surface area contributed by atoms with E-state index in [2.05, 4.69) is 30.9 Å². The number of aromatic nitrogens is 5. The summed E-state index contributed by atoms with van der Waals surface area (Å²) in [4.78, 5) is 31.1. The van der Waals surface area contributed by atoms with Gasteiger partial charge >= 0.3 is 6.03 Å². The van der Waals surface area contributed by atoms with Gasteiger partial charge in [-0.2, -0.15) is 5.10 Å². The molecule has 0 aliphatic carbocycles. The summed E-state index contributed by atoms with van der Waals surface area (Å²) in [6.45, 7) is -2.57. The maximum atomic E-state index is 12.8. The fourth-order valence-corrected chi connectivity index (χ4v) is 3.33. The number of para-hydroxylation sites is 1. The molecule has 0 saturated heterocycles. The fourth-order valence-electron chi connectivity index (χ4n) is 3.33. The molecular weight excluding hydrogens is 466 g/mol. The summed E-state index contributed by atoms with van der Waals surface area (Å²) in [7, 11) is 4.75. The lowest BCUT2D eigenvalue weighted by molar-refractivity contribution is 0.0958. The summed E-state index contributed by atoms with van der Waals surface area (Å²) in [5.74, 6) is 0.331. The van der Waals surface area contributed by atoms with E-state index >= 15 is 0 Å². The first-order valence-corrected chi connectivity index (χ1v) is 10.6. The zero-order chi connectivity index (χ0) is 28.2. The fraction of sp³-hybridized carbons (Fsp3) is 0.217. The van der Waals surface area contributed by atoms with Gasteiger partial charge in [-0.3, -0.25) is 14.8 Å². The summed E-state index contributed by atoms with van der Waals surface area (Å²) < 4.78 is 34.6. The van der Waals surface area contributed by atoms with Gasteiger partial charge in [0, 0.05) is 31.2 Å². The molecule has 36 heavy (non-hydrogen) atoms. The van der Waals surface area contributed by atoms with E-state index in [1.54, 1.807) is 44.4 Å². The van der Waals surface area contributed by atoms with Crippen LogP contribution in [0.4, 0.5) is 22.0 Å². The highest BCUT2D eigenvalue weighted by atomic mass is 16.5. The first-order chi connectivity index (χ1) is 18.5. The Morgan fingerprint density at radius 2 is 2.08 bits per heavy atom. The summed E-state index contributed by atoms with van der Waals surface area (Å²) >= 11 is 0. The highest BCUT2D eigenvalue weighted by molar-refractivity contribution is 5.99. The zero-order valence-corrected chi connectivity index (χ0v) is 19.6. The van der Waals surface area contributed by atoms with Crippen LogP contribution in [0.2, 0.25) is 0 Å². The Morgan fingerprint density at radius 1 is 1.22 bits per heavy atom. The van der Waals surface area contributed by atoms with Crippen molar-refractivity contribution in [1.29, 1.82) is 0 Å². The van der Waals surface area contributed by atoms with E-state index < -0.39 is 18.9 Å². The number of benzene rings is 1. The largest absolute Gasteiger partial charge is 0.494 e. The van der Waals surface area contributed by atoms with Gasteiger partial charge in [0.15, 0.2) is 23.1 Å². The number of hydrogen-bond donors (Lipinski definition) is 3. The Balaban J connectivity index is 1.67. The number of anilines is 3. The number of aryl methyl sites for hydroxylation is 1. The van der Waals surface area contributed by atoms with Gasteiger partial charge < -0.3 is 24.7 Å². The molecule has 0 aliphatic heterocycles. The second-order valence-corrected chi connectivity index (χ2v) is 7.56. The minimum absolute atomic E-state index is 0.000688. The third-order valence-electron chi connectivity index (χ3n) is 5.01. The van der Waals surface area contributed by atoms with Crippen LogP contribution in [0.3, 0.4) is 0 Å². The number of hydrogen-bond acceptors (Lipinski definition) is 9. The predicted molar refractivity (Wildman–Crippen MR) is 131 cm³/mol.